The predicted molar refractivity (Wildman–Crippen MR) is 128 cm³/mol. The zero-order chi connectivity index (χ0) is 22.0. The largest absolute Gasteiger partial charge is 0.326 e. The van der Waals surface area contributed by atoms with Crippen LogP contribution in [0.3, 0.4) is 0 Å². The van der Waals surface area contributed by atoms with E-state index in [4.69, 9.17) is 4.98 Å². The first-order valence-corrected chi connectivity index (χ1v) is 10.5. The topological polar surface area (TPSA) is 71.1 Å². The molecule has 5 nitrogen and oxygen atoms in total. The van der Waals surface area contributed by atoms with Crippen molar-refractivity contribution in [3.05, 3.63) is 88.4 Å². The van der Waals surface area contributed by atoms with Gasteiger partial charge < -0.3 is 10.6 Å². The van der Waals surface area contributed by atoms with Crippen LogP contribution in [-0.2, 0) is 4.79 Å². The summed E-state index contributed by atoms with van der Waals surface area (Å²) in [6.45, 7) is 3.44. The van der Waals surface area contributed by atoms with Crippen LogP contribution in [0.25, 0.3) is 22.2 Å². The van der Waals surface area contributed by atoms with Crippen LogP contribution in [0.2, 0.25) is 0 Å². The van der Waals surface area contributed by atoms with Crippen molar-refractivity contribution in [2.45, 2.75) is 13.8 Å². The van der Waals surface area contributed by atoms with Gasteiger partial charge in [0.05, 0.1) is 16.8 Å². The molecular weight excluding hydrogens is 454 g/mol. The summed E-state index contributed by atoms with van der Waals surface area (Å²) in [4.78, 5) is 29.2. The van der Waals surface area contributed by atoms with E-state index in [0.29, 0.717) is 16.9 Å². The molecule has 4 rings (SSSR count). The van der Waals surface area contributed by atoms with E-state index in [9.17, 15) is 9.59 Å². The average molecular weight is 474 g/mol. The first kappa shape index (κ1) is 20.8. The van der Waals surface area contributed by atoms with Gasteiger partial charge in [0.25, 0.3) is 5.91 Å². The minimum absolute atomic E-state index is 0.143. The lowest BCUT2D eigenvalue weighted by atomic mass is 10.0. The summed E-state index contributed by atoms with van der Waals surface area (Å²) in [5.41, 5.74) is 5.32. The molecule has 0 atom stereocenters. The third-order valence-electron chi connectivity index (χ3n) is 4.79. The number of aromatic nitrogens is 1. The number of carbonyl (C=O) groups is 2. The maximum atomic E-state index is 13.2. The van der Waals surface area contributed by atoms with Crippen molar-refractivity contribution < 1.29 is 9.59 Å². The van der Waals surface area contributed by atoms with Crippen molar-refractivity contribution in [1.29, 1.82) is 0 Å². The Labute approximate surface area is 188 Å². The summed E-state index contributed by atoms with van der Waals surface area (Å²) in [6.07, 6.45) is 0. The van der Waals surface area contributed by atoms with Crippen molar-refractivity contribution in [1.82, 2.24) is 4.98 Å². The van der Waals surface area contributed by atoms with Crippen molar-refractivity contribution in [2.24, 2.45) is 0 Å². The number of carbonyl (C=O) groups excluding carboxylic acids is 2. The Kier molecular flexibility index (Phi) is 5.82. The number of nitrogens with one attached hydrogen (secondary N) is 2. The van der Waals surface area contributed by atoms with Gasteiger partial charge in [0.1, 0.15) is 0 Å². The third kappa shape index (κ3) is 4.81. The molecule has 0 unspecified atom stereocenters. The second kappa shape index (κ2) is 8.70. The van der Waals surface area contributed by atoms with Crippen molar-refractivity contribution in [2.75, 3.05) is 10.6 Å². The fourth-order valence-electron chi connectivity index (χ4n) is 3.36. The SMILES string of the molecule is CC(=O)Nc1ccc(NC(=O)c2cc(-c3cccc(Br)c3)nc3ccc(C)cc23)cc1. The highest BCUT2D eigenvalue weighted by molar-refractivity contribution is 9.10. The third-order valence-corrected chi connectivity index (χ3v) is 5.29. The molecule has 1 heterocycles. The maximum absolute atomic E-state index is 13.2. The quantitative estimate of drug-likeness (QED) is 0.371. The van der Waals surface area contributed by atoms with Gasteiger partial charge in [0.15, 0.2) is 0 Å². The van der Waals surface area contributed by atoms with Gasteiger partial charge in [-0.2, -0.15) is 0 Å². The minimum Gasteiger partial charge on any atom is -0.326 e. The van der Waals surface area contributed by atoms with Crippen LogP contribution in [0.4, 0.5) is 11.4 Å². The van der Waals surface area contributed by atoms with Gasteiger partial charge >= 0.3 is 0 Å². The molecule has 0 aliphatic heterocycles. The van der Waals surface area contributed by atoms with Crippen LogP contribution in [0, 0.1) is 6.92 Å². The Morgan fingerprint density at radius 3 is 2.26 bits per heavy atom. The molecule has 0 fully saturated rings. The van der Waals surface area contributed by atoms with Crippen LogP contribution < -0.4 is 10.6 Å². The molecule has 0 aliphatic carbocycles. The molecule has 31 heavy (non-hydrogen) atoms. The summed E-state index contributed by atoms with van der Waals surface area (Å²) >= 11 is 3.50. The number of hydrogen-bond donors (Lipinski definition) is 2. The maximum Gasteiger partial charge on any atom is 0.256 e. The van der Waals surface area contributed by atoms with E-state index in [2.05, 4.69) is 26.6 Å². The summed E-state index contributed by atoms with van der Waals surface area (Å²) in [5, 5.41) is 6.46. The van der Waals surface area contributed by atoms with Gasteiger partial charge in [0, 0.05) is 33.7 Å². The Bertz CT molecular complexity index is 1300. The normalized spacial score (nSPS) is 10.7. The number of halogens is 1. The number of amides is 2. The fraction of sp³-hybridized carbons (Fsp3) is 0.0800. The summed E-state index contributed by atoms with van der Waals surface area (Å²) in [5.74, 6) is -0.364. The molecule has 0 radical (unpaired) electrons. The highest BCUT2D eigenvalue weighted by Gasteiger charge is 2.15. The number of rotatable bonds is 4. The lowest BCUT2D eigenvalue weighted by molar-refractivity contribution is -0.114. The Morgan fingerprint density at radius 1 is 0.871 bits per heavy atom. The Balaban J connectivity index is 1.73. The first-order valence-electron chi connectivity index (χ1n) is 9.75. The molecule has 154 valence electrons. The molecule has 3 aromatic carbocycles. The van der Waals surface area contributed by atoms with Crippen molar-refractivity contribution in [3.8, 4) is 11.3 Å². The number of hydrogen-bond acceptors (Lipinski definition) is 3. The van der Waals surface area contributed by atoms with Gasteiger partial charge in [-0.15, -0.1) is 0 Å². The van der Waals surface area contributed by atoms with E-state index in [0.717, 1.165) is 32.2 Å². The monoisotopic (exact) mass is 473 g/mol. The first-order chi connectivity index (χ1) is 14.9. The van der Waals surface area contributed by atoms with Gasteiger partial charge in [-0.05, 0) is 61.5 Å². The Morgan fingerprint density at radius 2 is 1.58 bits per heavy atom. The van der Waals surface area contributed by atoms with Gasteiger partial charge in [-0.1, -0.05) is 39.7 Å². The number of fused-ring (bicyclic) bond motifs is 1. The molecule has 2 N–H and O–H groups in total. The molecule has 1 aromatic heterocycles. The molecular formula is C25H20BrN3O2. The average Bonchev–Trinajstić information content (AvgIpc) is 2.74. The lowest BCUT2D eigenvalue weighted by Gasteiger charge is -2.12. The molecule has 0 saturated heterocycles. The zero-order valence-electron chi connectivity index (χ0n) is 17.1. The van der Waals surface area contributed by atoms with Gasteiger partial charge in [0.2, 0.25) is 5.91 Å². The molecule has 6 heteroatoms. The van der Waals surface area contributed by atoms with E-state index >= 15 is 0 Å². The van der Waals surface area contributed by atoms with E-state index in [1.807, 2.05) is 55.5 Å². The number of nitrogens with zero attached hydrogens (tertiary/aromatic N) is 1. The van der Waals surface area contributed by atoms with E-state index in [1.165, 1.54) is 6.92 Å². The summed E-state index contributed by atoms with van der Waals surface area (Å²) in [7, 11) is 0. The van der Waals surface area contributed by atoms with E-state index < -0.39 is 0 Å². The second-order valence-electron chi connectivity index (χ2n) is 7.30. The van der Waals surface area contributed by atoms with Crippen LogP contribution >= 0.6 is 15.9 Å². The van der Waals surface area contributed by atoms with Crippen molar-refractivity contribution >= 4 is 50.0 Å². The van der Waals surface area contributed by atoms with Crippen LogP contribution in [0.5, 0.6) is 0 Å². The molecule has 0 saturated carbocycles. The summed E-state index contributed by atoms with van der Waals surface area (Å²) < 4.78 is 0.945. The second-order valence-corrected chi connectivity index (χ2v) is 8.21. The smallest absolute Gasteiger partial charge is 0.256 e. The van der Waals surface area contributed by atoms with E-state index in [-0.39, 0.29) is 11.8 Å². The predicted octanol–water partition coefficient (Wildman–Crippen LogP) is 6.18. The lowest BCUT2D eigenvalue weighted by Crippen LogP contribution is -2.13. The molecule has 0 bridgehead atoms. The van der Waals surface area contributed by atoms with Crippen LogP contribution in [0.1, 0.15) is 22.8 Å². The van der Waals surface area contributed by atoms with E-state index in [1.54, 1.807) is 24.3 Å². The van der Waals surface area contributed by atoms with Crippen LogP contribution in [0.15, 0.2) is 77.3 Å². The zero-order valence-corrected chi connectivity index (χ0v) is 18.7. The minimum atomic E-state index is -0.221. The number of anilines is 2. The highest BCUT2D eigenvalue weighted by atomic mass is 79.9. The number of aryl methyl sites for hydroxylation is 1. The van der Waals surface area contributed by atoms with Gasteiger partial charge in [-0.3, -0.25) is 9.59 Å². The number of benzene rings is 3. The van der Waals surface area contributed by atoms with Crippen LogP contribution in [-0.4, -0.2) is 16.8 Å². The van der Waals surface area contributed by atoms with Crippen molar-refractivity contribution in [3.63, 3.8) is 0 Å². The molecule has 0 aliphatic rings. The summed E-state index contributed by atoms with van der Waals surface area (Å²) in [6, 6.07) is 22.6. The molecule has 2 amide bonds. The molecule has 0 spiro atoms. The molecule has 4 aromatic rings. The highest BCUT2D eigenvalue weighted by Crippen LogP contribution is 2.28. The Hall–Kier alpha value is -3.51. The van der Waals surface area contributed by atoms with Gasteiger partial charge in [-0.25, -0.2) is 4.98 Å². The number of pyridine rings is 1. The fourth-order valence-corrected chi connectivity index (χ4v) is 3.76. The standard InChI is InChI=1S/C25H20BrN3O2/c1-15-6-11-23-21(12-15)22(14-24(29-23)17-4-3-5-18(26)13-17)25(31)28-20-9-7-19(8-10-20)27-16(2)30/h3-14H,1-2H3,(H,27,30)(H,28,31).